The Bertz CT molecular complexity index is 2870. The quantitative estimate of drug-likeness (QED) is 0.0732. The third kappa shape index (κ3) is 10.4. The number of hydrogen-bond acceptors (Lipinski definition) is 10. The molecule has 0 saturated carbocycles. The van der Waals surface area contributed by atoms with Gasteiger partial charge in [-0.15, -0.1) is 0 Å². The third-order valence-electron chi connectivity index (χ3n) is 13.2. The molecular weight excluding hydrogens is 903 g/mol. The van der Waals surface area contributed by atoms with E-state index in [1.165, 1.54) is 34.9 Å². The summed E-state index contributed by atoms with van der Waals surface area (Å²) in [5.74, 6) is -0.706. The van der Waals surface area contributed by atoms with Crippen molar-refractivity contribution in [2.45, 2.75) is 75.4 Å². The number of carbonyl (C=O) groups is 1. The number of pyridine rings is 1. The standard InChI is InChI=1S/C49H55Cl2FN8O5S/c1-48(2)15-11-34(40(28-48)32-3-5-35(50)6-4-32)29-53-19-20-54-36-7-9-39(43(26-36)60-44-25-33-12-18-55-46(33)57-42(44)30-56-60)47(61)58-66(62,63)38-8-10-45(41(51)27-38)65-31-49(52)16-21-59(22-17-49)37-13-23-64-24-14-37/h3-10,12,18,25-27,30,37,53-54,56H,11,13-17,19-24,28-29,31H2,1-2H3,(H,58,61). The van der Waals surface area contributed by atoms with Crippen LogP contribution in [0.25, 0.3) is 33.3 Å². The minimum Gasteiger partial charge on any atom is -0.489 e. The molecule has 0 radical (unpaired) electrons. The van der Waals surface area contributed by atoms with Crippen LogP contribution < -0.4 is 20.1 Å². The van der Waals surface area contributed by atoms with Gasteiger partial charge in [0.2, 0.25) is 0 Å². The number of hydrogen-bond donors (Lipinski definition) is 4. The minimum absolute atomic E-state index is 0.0187. The van der Waals surface area contributed by atoms with E-state index >= 15 is 4.39 Å². The highest BCUT2D eigenvalue weighted by molar-refractivity contribution is 7.90. The number of H-pyrrole nitrogens is 1. The Kier molecular flexibility index (Phi) is 13.5. The van der Waals surface area contributed by atoms with Crippen LogP contribution in [0.15, 0.2) is 95.7 Å². The van der Waals surface area contributed by atoms with Crippen molar-refractivity contribution in [3.8, 4) is 11.4 Å². The number of halogens is 3. The molecule has 17 heteroatoms. The van der Waals surface area contributed by atoms with Gasteiger partial charge >= 0.3 is 0 Å². The summed E-state index contributed by atoms with van der Waals surface area (Å²) in [5, 5.41) is 11.8. The summed E-state index contributed by atoms with van der Waals surface area (Å²) in [7, 11) is -4.43. The van der Waals surface area contributed by atoms with Crippen molar-refractivity contribution in [1.29, 1.82) is 0 Å². The van der Waals surface area contributed by atoms with Crippen molar-refractivity contribution in [3.63, 3.8) is 0 Å². The lowest BCUT2D eigenvalue weighted by atomic mass is 9.72. The van der Waals surface area contributed by atoms with E-state index < -0.39 is 21.6 Å². The van der Waals surface area contributed by atoms with E-state index in [9.17, 15) is 13.2 Å². The number of sulfonamides is 1. The van der Waals surface area contributed by atoms with Crippen LogP contribution in [0.2, 0.25) is 10.0 Å². The Morgan fingerprint density at radius 1 is 0.985 bits per heavy atom. The van der Waals surface area contributed by atoms with Gasteiger partial charge in [-0.05, 0) is 122 Å². The van der Waals surface area contributed by atoms with E-state index in [2.05, 4.69) is 61.3 Å². The highest BCUT2D eigenvalue weighted by atomic mass is 35.5. The number of nitrogens with zero attached hydrogens (tertiary/aromatic N) is 4. The number of likely N-dealkylation sites (tertiary alicyclic amines) is 1. The topological polar surface area (TPSA) is 155 Å². The van der Waals surface area contributed by atoms with Crippen molar-refractivity contribution in [2.75, 3.05) is 57.9 Å². The Morgan fingerprint density at radius 2 is 1.77 bits per heavy atom. The number of anilines is 1. The monoisotopic (exact) mass is 956 g/mol. The first-order valence-electron chi connectivity index (χ1n) is 22.6. The number of rotatable bonds is 15. The van der Waals surface area contributed by atoms with Crippen LogP contribution >= 0.6 is 23.2 Å². The van der Waals surface area contributed by atoms with Crippen LogP contribution in [-0.2, 0) is 14.8 Å². The number of carbonyl (C=O) groups excluding carboxylic acids is 1. The minimum atomic E-state index is -4.43. The Balaban J connectivity index is 0.884. The van der Waals surface area contributed by atoms with E-state index in [1.807, 2.05) is 24.3 Å². The molecule has 13 nitrogen and oxygen atoms in total. The summed E-state index contributed by atoms with van der Waals surface area (Å²) in [5.41, 5.74) is 5.70. The first kappa shape index (κ1) is 46.1. The number of aromatic amines is 1. The number of allylic oxidation sites excluding steroid dienone is 1. The van der Waals surface area contributed by atoms with E-state index in [4.69, 9.17) is 32.7 Å². The molecule has 3 aliphatic rings. The van der Waals surface area contributed by atoms with Gasteiger partial charge in [0.1, 0.15) is 23.5 Å². The van der Waals surface area contributed by atoms with Crippen LogP contribution in [0.3, 0.4) is 0 Å². The molecule has 2 fully saturated rings. The Hall–Kier alpha value is -5.03. The van der Waals surface area contributed by atoms with Crippen LogP contribution in [0.5, 0.6) is 5.75 Å². The first-order chi connectivity index (χ1) is 31.7. The molecule has 348 valence electrons. The molecule has 5 heterocycles. The van der Waals surface area contributed by atoms with Crippen molar-refractivity contribution in [2.24, 2.45) is 5.41 Å². The third-order valence-corrected chi connectivity index (χ3v) is 15.1. The largest absolute Gasteiger partial charge is 0.489 e. The van der Waals surface area contributed by atoms with Crippen LogP contribution in [0.1, 0.15) is 74.7 Å². The van der Waals surface area contributed by atoms with Gasteiger partial charge in [0.05, 0.1) is 26.7 Å². The molecule has 0 bridgehead atoms. The molecule has 66 heavy (non-hydrogen) atoms. The van der Waals surface area contributed by atoms with Gasteiger partial charge in [-0.1, -0.05) is 54.8 Å². The van der Waals surface area contributed by atoms with E-state index in [0.29, 0.717) is 73.1 Å². The highest BCUT2D eigenvalue weighted by Crippen LogP contribution is 2.43. The predicted molar refractivity (Wildman–Crippen MR) is 258 cm³/mol. The van der Waals surface area contributed by atoms with Crippen LogP contribution in [-0.4, -0.2) is 103 Å². The van der Waals surface area contributed by atoms with Gasteiger partial charge in [0.25, 0.3) is 15.9 Å². The number of ether oxygens (including phenoxy) is 2. The molecule has 2 aliphatic heterocycles. The fourth-order valence-corrected chi connectivity index (χ4v) is 10.8. The van der Waals surface area contributed by atoms with Crippen molar-refractivity contribution >= 4 is 72.5 Å². The molecule has 3 aromatic heterocycles. The fourth-order valence-electron chi connectivity index (χ4n) is 9.35. The molecule has 1 aliphatic carbocycles. The Morgan fingerprint density at radius 3 is 2.55 bits per heavy atom. The molecule has 3 aromatic carbocycles. The zero-order valence-corrected chi connectivity index (χ0v) is 39.5. The highest BCUT2D eigenvalue weighted by Gasteiger charge is 2.38. The molecule has 4 N–H and O–H groups in total. The predicted octanol–water partition coefficient (Wildman–Crippen LogP) is 9.35. The lowest BCUT2D eigenvalue weighted by Gasteiger charge is -2.41. The number of alkyl halides is 1. The molecule has 2 saturated heterocycles. The maximum absolute atomic E-state index is 15.9. The lowest BCUT2D eigenvalue weighted by Crippen LogP contribution is -2.50. The molecule has 6 aromatic rings. The van der Waals surface area contributed by atoms with Crippen molar-refractivity contribution in [1.82, 2.24) is 34.7 Å². The summed E-state index contributed by atoms with van der Waals surface area (Å²) >= 11 is 12.8. The van der Waals surface area contributed by atoms with Gasteiger partial charge in [-0.3, -0.25) is 19.5 Å². The second-order valence-electron chi connectivity index (χ2n) is 18.5. The van der Waals surface area contributed by atoms with Crippen LogP contribution in [0.4, 0.5) is 10.1 Å². The lowest BCUT2D eigenvalue weighted by molar-refractivity contribution is -0.0214. The molecule has 0 spiro atoms. The average molecular weight is 958 g/mol. The van der Waals surface area contributed by atoms with Gasteiger partial charge < -0.3 is 20.1 Å². The SMILES string of the molecule is CC1(C)CCC(CNCCNc2ccc(C(=O)NS(=O)(=O)c3ccc(OCC4(F)CCN(C5CCOCC5)CC4)c(Cl)c3)c(-n3[nH]cc4nc5nccc5cc43)c2)=C(c2ccc(Cl)cc2)C1. The molecule has 0 unspecified atom stereocenters. The van der Waals surface area contributed by atoms with E-state index in [1.54, 1.807) is 35.3 Å². The zero-order valence-electron chi connectivity index (χ0n) is 37.1. The first-order valence-corrected chi connectivity index (χ1v) is 24.8. The summed E-state index contributed by atoms with van der Waals surface area (Å²) in [4.78, 5) is 25.2. The second kappa shape index (κ2) is 19.3. The fraction of sp³-hybridized carbons (Fsp3) is 0.408. The number of piperidine rings is 1. The molecular formula is C49H55Cl2FN8O5S. The van der Waals surface area contributed by atoms with Gasteiger partial charge in [-0.2, -0.15) is 0 Å². The smallest absolute Gasteiger partial charge is 0.267 e. The number of nitrogens with one attached hydrogen (secondary N) is 4. The molecule has 1 amide bonds. The second-order valence-corrected chi connectivity index (χ2v) is 21.0. The average Bonchev–Trinajstić information content (AvgIpc) is 3.95. The number of benzene rings is 3. The van der Waals surface area contributed by atoms with Crippen molar-refractivity contribution in [3.05, 3.63) is 112 Å². The molecule has 9 rings (SSSR count). The van der Waals surface area contributed by atoms with Gasteiger partial charge in [0.15, 0.2) is 5.65 Å². The number of amides is 1. The maximum Gasteiger partial charge on any atom is 0.267 e. The summed E-state index contributed by atoms with van der Waals surface area (Å²) in [6, 6.07) is 21.3. The number of aromatic nitrogens is 4. The van der Waals surface area contributed by atoms with Gasteiger partial charge in [0, 0.05) is 80.5 Å². The maximum atomic E-state index is 15.9. The van der Waals surface area contributed by atoms with Gasteiger partial charge in [-0.25, -0.2) is 27.5 Å². The zero-order chi connectivity index (χ0) is 46.1. The van der Waals surface area contributed by atoms with E-state index in [-0.39, 0.29) is 33.3 Å². The van der Waals surface area contributed by atoms with Crippen LogP contribution in [0, 0.1) is 5.41 Å². The normalized spacial score (nSPS) is 18.2. The Labute approximate surface area is 394 Å². The molecule has 0 atom stereocenters. The van der Waals surface area contributed by atoms with E-state index in [0.717, 1.165) is 62.3 Å². The summed E-state index contributed by atoms with van der Waals surface area (Å²) in [6.45, 7) is 9.14. The number of fused-ring (bicyclic) bond motifs is 2. The summed E-state index contributed by atoms with van der Waals surface area (Å²) in [6.07, 6.45) is 9.06. The summed E-state index contributed by atoms with van der Waals surface area (Å²) < 4.78 is 58.7. The van der Waals surface area contributed by atoms with Crippen molar-refractivity contribution < 1.29 is 27.1 Å².